The van der Waals surface area contributed by atoms with Gasteiger partial charge in [0.2, 0.25) is 0 Å². The van der Waals surface area contributed by atoms with E-state index in [9.17, 15) is 0 Å². The predicted octanol–water partition coefficient (Wildman–Crippen LogP) is 2.24. The van der Waals surface area contributed by atoms with Crippen molar-refractivity contribution in [3.05, 3.63) is 53.9 Å². The third-order valence-corrected chi connectivity index (χ3v) is 4.66. The number of rotatable bonds is 3. The lowest BCUT2D eigenvalue weighted by Crippen LogP contribution is -2.46. The van der Waals surface area contributed by atoms with Gasteiger partial charge < -0.3 is 10.6 Å². The number of nitrogen functional groups attached to an aromatic ring is 1. The predicted molar refractivity (Wildman–Crippen MR) is 100 cm³/mol. The van der Waals surface area contributed by atoms with Crippen molar-refractivity contribution in [3.8, 4) is 0 Å². The highest BCUT2D eigenvalue weighted by molar-refractivity contribution is 5.87. The summed E-state index contributed by atoms with van der Waals surface area (Å²) < 4.78 is 0. The number of nitrogens with two attached hydrogens (primary N) is 1. The number of aryl methyl sites for hydroxylation is 1. The molecular formula is C19H22N6. The summed E-state index contributed by atoms with van der Waals surface area (Å²) >= 11 is 0. The summed E-state index contributed by atoms with van der Waals surface area (Å²) in [6.07, 6.45) is 1.57. The maximum Gasteiger partial charge on any atom is 0.166 e. The Morgan fingerprint density at radius 2 is 1.88 bits per heavy atom. The molecule has 0 amide bonds. The minimum absolute atomic E-state index is 0.486. The van der Waals surface area contributed by atoms with E-state index in [-0.39, 0.29) is 0 Å². The molecule has 1 aromatic carbocycles. The molecule has 1 saturated heterocycles. The Kier molecular flexibility index (Phi) is 4.19. The van der Waals surface area contributed by atoms with Gasteiger partial charge in [-0.1, -0.05) is 29.8 Å². The molecule has 3 aromatic rings. The summed E-state index contributed by atoms with van der Waals surface area (Å²) in [6.45, 7) is 7.06. The van der Waals surface area contributed by atoms with Crippen molar-refractivity contribution < 1.29 is 0 Å². The molecule has 0 saturated carbocycles. The number of pyridine rings is 1. The van der Waals surface area contributed by atoms with E-state index in [0.717, 1.165) is 43.9 Å². The van der Waals surface area contributed by atoms with Crippen LogP contribution in [0.1, 0.15) is 11.1 Å². The van der Waals surface area contributed by atoms with Gasteiger partial charge in [0.15, 0.2) is 5.65 Å². The first kappa shape index (κ1) is 15.8. The van der Waals surface area contributed by atoms with E-state index in [1.54, 1.807) is 6.33 Å². The minimum Gasteiger partial charge on any atom is -0.384 e. The largest absolute Gasteiger partial charge is 0.384 e. The Morgan fingerprint density at radius 3 is 2.68 bits per heavy atom. The number of aromatic nitrogens is 3. The van der Waals surface area contributed by atoms with Gasteiger partial charge in [0.05, 0.1) is 5.39 Å². The zero-order chi connectivity index (χ0) is 17.2. The van der Waals surface area contributed by atoms with Crippen LogP contribution in [-0.2, 0) is 6.54 Å². The second-order valence-electron chi connectivity index (χ2n) is 6.56. The molecular weight excluding hydrogens is 312 g/mol. The van der Waals surface area contributed by atoms with E-state index < -0.39 is 0 Å². The van der Waals surface area contributed by atoms with Gasteiger partial charge in [0, 0.05) is 32.7 Å². The molecule has 6 nitrogen and oxygen atoms in total. The maximum absolute atomic E-state index is 5.76. The monoisotopic (exact) mass is 334 g/mol. The Labute approximate surface area is 147 Å². The lowest BCUT2D eigenvalue weighted by molar-refractivity contribution is 0.249. The molecule has 0 atom stereocenters. The van der Waals surface area contributed by atoms with Gasteiger partial charge in [-0.25, -0.2) is 15.0 Å². The van der Waals surface area contributed by atoms with Crippen LogP contribution in [0.3, 0.4) is 0 Å². The van der Waals surface area contributed by atoms with Crippen LogP contribution in [0.5, 0.6) is 0 Å². The maximum atomic E-state index is 5.76. The van der Waals surface area contributed by atoms with E-state index in [0.29, 0.717) is 11.5 Å². The number of benzene rings is 1. The molecule has 0 radical (unpaired) electrons. The van der Waals surface area contributed by atoms with E-state index in [4.69, 9.17) is 5.73 Å². The molecule has 128 valence electrons. The lowest BCUT2D eigenvalue weighted by atomic mass is 10.1. The molecule has 25 heavy (non-hydrogen) atoms. The van der Waals surface area contributed by atoms with Crippen molar-refractivity contribution >= 4 is 22.7 Å². The molecule has 2 aromatic heterocycles. The van der Waals surface area contributed by atoms with Gasteiger partial charge in [0.25, 0.3) is 0 Å². The van der Waals surface area contributed by atoms with Gasteiger partial charge in [0.1, 0.15) is 18.0 Å². The number of hydrogen-bond acceptors (Lipinski definition) is 6. The summed E-state index contributed by atoms with van der Waals surface area (Å²) in [7, 11) is 0. The van der Waals surface area contributed by atoms with Gasteiger partial charge in [-0.2, -0.15) is 0 Å². The molecule has 4 rings (SSSR count). The van der Waals surface area contributed by atoms with Gasteiger partial charge in [-0.3, -0.25) is 4.90 Å². The van der Waals surface area contributed by atoms with Crippen LogP contribution in [0.15, 0.2) is 42.7 Å². The molecule has 0 bridgehead atoms. The van der Waals surface area contributed by atoms with Crippen LogP contribution in [-0.4, -0.2) is 46.0 Å². The fraction of sp³-hybridized carbons (Fsp3) is 0.316. The van der Waals surface area contributed by atoms with Crippen LogP contribution in [0, 0.1) is 6.92 Å². The zero-order valence-electron chi connectivity index (χ0n) is 14.4. The normalized spacial score (nSPS) is 15.6. The first-order valence-electron chi connectivity index (χ1n) is 8.59. The highest BCUT2D eigenvalue weighted by Crippen LogP contribution is 2.24. The first-order valence-corrected chi connectivity index (χ1v) is 8.59. The molecule has 6 heteroatoms. The molecule has 1 fully saturated rings. The summed E-state index contributed by atoms with van der Waals surface area (Å²) in [4.78, 5) is 17.8. The molecule has 3 heterocycles. The van der Waals surface area contributed by atoms with E-state index in [2.05, 4.69) is 55.9 Å². The topological polar surface area (TPSA) is 71.2 Å². The summed E-state index contributed by atoms with van der Waals surface area (Å²) in [5.74, 6) is 1.44. The SMILES string of the molecule is Cc1cccc(CN2CCN(c3ncnc4nc(N)ccc34)CC2)c1. The van der Waals surface area contributed by atoms with E-state index in [1.807, 2.05) is 12.1 Å². The fourth-order valence-corrected chi connectivity index (χ4v) is 3.38. The van der Waals surface area contributed by atoms with Crippen LogP contribution in [0.25, 0.3) is 11.0 Å². The van der Waals surface area contributed by atoms with Crippen molar-refractivity contribution in [2.24, 2.45) is 0 Å². The number of anilines is 2. The fourth-order valence-electron chi connectivity index (χ4n) is 3.38. The Bertz CT molecular complexity index is 886. The first-order chi connectivity index (χ1) is 12.2. The van der Waals surface area contributed by atoms with Crippen molar-refractivity contribution in [2.45, 2.75) is 13.5 Å². The summed E-state index contributed by atoms with van der Waals surface area (Å²) in [6, 6.07) is 12.5. The van der Waals surface area contributed by atoms with E-state index in [1.165, 1.54) is 11.1 Å². The number of nitrogens with zero attached hydrogens (tertiary/aromatic N) is 5. The standard InChI is InChI=1S/C19H22N6/c1-14-3-2-4-15(11-14)12-24-7-9-25(10-8-24)19-16-5-6-17(20)23-18(16)21-13-22-19/h2-6,11,13H,7-10,12H2,1H3,(H2,20,21,22,23). The van der Waals surface area contributed by atoms with Crippen LogP contribution >= 0.6 is 0 Å². The van der Waals surface area contributed by atoms with Gasteiger partial charge in [-0.15, -0.1) is 0 Å². The highest BCUT2D eigenvalue weighted by atomic mass is 15.3. The minimum atomic E-state index is 0.486. The summed E-state index contributed by atoms with van der Waals surface area (Å²) in [5, 5.41) is 0.962. The average molecular weight is 334 g/mol. The molecule has 0 spiro atoms. The molecule has 0 unspecified atom stereocenters. The quantitative estimate of drug-likeness (QED) is 0.792. The third kappa shape index (κ3) is 3.39. The van der Waals surface area contributed by atoms with Gasteiger partial charge >= 0.3 is 0 Å². The van der Waals surface area contributed by atoms with Crippen molar-refractivity contribution in [1.82, 2.24) is 19.9 Å². The van der Waals surface area contributed by atoms with Crippen molar-refractivity contribution in [3.63, 3.8) is 0 Å². The van der Waals surface area contributed by atoms with Crippen molar-refractivity contribution in [1.29, 1.82) is 0 Å². The lowest BCUT2D eigenvalue weighted by Gasteiger charge is -2.35. The molecule has 0 aliphatic carbocycles. The third-order valence-electron chi connectivity index (χ3n) is 4.66. The number of fused-ring (bicyclic) bond motifs is 1. The number of hydrogen-bond donors (Lipinski definition) is 1. The molecule has 1 aliphatic heterocycles. The van der Waals surface area contributed by atoms with E-state index >= 15 is 0 Å². The second kappa shape index (κ2) is 6.64. The van der Waals surface area contributed by atoms with Crippen LogP contribution < -0.4 is 10.6 Å². The summed E-state index contributed by atoms with van der Waals surface area (Å²) in [5.41, 5.74) is 9.11. The highest BCUT2D eigenvalue weighted by Gasteiger charge is 2.20. The molecule has 2 N–H and O–H groups in total. The van der Waals surface area contributed by atoms with Crippen LogP contribution in [0.4, 0.5) is 11.6 Å². The molecule has 1 aliphatic rings. The Morgan fingerprint density at radius 1 is 1.04 bits per heavy atom. The zero-order valence-corrected chi connectivity index (χ0v) is 14.4. The Hall–Kier alpha value is -2.73. The van der Waals surface area contributed by atoms with Crippen molar-refractivity contribution in [2.75, 3.05) is 36.8 Å². The second-order valence-corrected chi connectivity index (χ2v) is 6.56. The average Bonchev–Trinajstić information content (AvgIpc) is 2.62. The smallest absolute Gasteiger partial charge is 0.166 e. The van der Waals surface area contributed by atoms with Gasteiger partial charge in [-0.05, 0) is 24.6 Å². The van der Waals surface area contributed by atoms with Crippen LogP contribution in [0.2, 0.25) is 0 Å². The Balaban J connectivity index is 1.47. The number of piperazine rings is 1.